The third-order valence-corrected chi connectivity index (χ3v) is 4.60. The molecule has 118 valence electrons. The lowest BCUT2D eigenvalue weighted by Gasteiger charge is -2.29. The summed E-state index contributed by atoms with van der Waals surface area (Å²) in [5, 5.41) is 0. The predicted molar refractivity (Wildman–Crippen MR) is 76.0 cm³/mol. The Balaban J connectivity index is 1.99. The predicted octanol–water partition coefficient (Wildman–Crippen LogP) is 0.832. The van der Waals surface area contributed by atoms with E-state index in [0.717, 1.165) is 12.8 Å². The highest BCUT2D eigenvalue weighted by Crippen LogP contribution is 2.44. The number of carbonyl (C=O) groups excluding carboxylic acids is 3. The number of ketones is 1. The maximum atomic E-state index is 12.7. The fraction of sp³-hybridized carbons (Fsp3) is 0.800. The second-order valence-electron chi connectivity index (χ2n) is 6.53. The zero-order chi connectivity index (χ0) is 15.6. The summed E-state index contributed by atoms with van der Waals surface area (Å²) in [5.41, 5.74) is 5.11. The average molecular weight is 296 g/mol. The van der Waals surface area contributed by atoms with Crippen molar-refractivity contribution in [3.8, 4) is 0 Å². The zero-order valence-corrected chi connectivity index (χ0v) is 12.8. The molecule has 2 rings (SSSR count). The van der Waals surface area contributed by atoms with E-state index in [4.69, 9.17) is 10.5 Å². The van der Waals surface area contributed by atoms with Gasteiger partial charge in [-0.05, 0) is 31.6 Å². The van der Waals surface area contributed by atoms with Gasteiger partial charge in [0.1, 0.15) is 12.8 Å². The number of nitrogens with two attached hydrogens (primary N) is 1. The largest absolute Gasteiger partial charge is 0.370 e. The molecular weight excluding hydrogens is 272 g/mol. The van der Waals surface area contributed by atoms with E-state index in [2.05, 4.69) is 0 Å². The lowest BCUT2D eigenvalue weighted by molar-refractivity contribution is -0.146. The molecule has 0 radical (unpaired) electrons. The van der Waals surface area contributed by atoms with E-state index in [0.29, 0.717) is 19.4 Å². The van der Waals surface area contributed by atoms with Crippen molar-refractivity contribution in [1.29, 1.82) is 0 Å². The number of Topliss-reactive ketones (excluding diaryl/α,β-unsaturated/α-hetero) is 1. The third-order valence-electron chi connectivity index (χ3n) is 4.60. The first-order valence-electron chi connectivity index (χ1n) is 7.57. The molecule has 21 heavy (non-hydrogen) atoms. The minimum Gasteiger partial charge on any atom is -0.370 e. The van der Waals surface area contributed by atoms with Crippen LogP contribution in [0.2, 0.25) is 0 Å². The van der Waals surface area contributed by atoms with E-state index in [-0.39, 0.29) is 42.0 Å². The van der Waals surface area contributed by atoms with E-state index < -0.39 is 6.23 Å². The summed E-state index contributed by atoms with van der Waals surface area (Å²) in [5.74, 6) is -0.349. The molecule has 1 heterocycles. The van der Waals surface area contributed by atoms with Crippen LogP contribution in [0.1, 0.15) is 46.0 Å². The van der Waals surface area contributed by atoms with Crippen molar-refractivity contribution < 1.29 is 19.1 Å². The third kappa shape index (κ3) is 3.61. The topological polar surface area (TPSA) is 89.7 Å². The fourth-order valence-electron chi connectivity index (χ4n) is 3.55. The highest BCUT2D eigenvalue weighted by molar-refractivity contribution is 5.84. The van der Waals surface area contributed by atoms with Crippen molar-refractivity contribution >= 4 is 17.6 Å². The Morgan fingerprint density at radius 3 is 2.71 bits per heavy atom. The molecule has 1 saturated carbocycles. The quantitative estimate of drug-likeness (QED) is 0.813. The first-order chi connectivity index (χ1) is 9.84. The van der Waals surface area contributed by atoms with Gasteiger partial charge in [-0.15, -0.1) is 0 Å². The molecule has 0 aromatic heterocycles. The van der Waals surface area contributed by atoms with Crippen LogP contribution in [-0.4, -0.2) is 41.9 Å². The number of hydrogen-bond donors (Lipinski definition) is 1. The van der Waals surface area contributed by atoms with E-state index in [9.17, 15) is 14.4 Å². The van der Waals surface area contributed by atoms with Crippen molar-refractivity contribution in [3.63, 3.8) is 0 Å². The van der Waals surface area contributed by atoms with Crippen molar-refractivity contribution in [2.75, 3.05) is 13.2 Å². The Morgan fingerprint density at radius 1 is 1.48 bits per heavy atom. The molecule has 0 spiro atoms. The zero-order valence-electron chi connectivity index (χ0n) is 12.8. The normalized spacial score (nSPS) is 32.4. The number of carbonyl (C=O) groups is 3. The van der Waals surface area contributed by atoms with Gasteiger partial charge in [-0.1, -0.05) is 6.92 Å². The first-order valence-corrected chi connectivity index (χ1v) is 7.57. The van der Waals surface area contributed by atoms with Crippen LogP contribution in [-0.2, 0) is 19.1 Å². The molecule has 2 N–H and O–H groups in total. The van der Waals surface area contributed by atoms with Crippen molar-refractivity contribution in [2.45, 2.75) is 52.2 Å². The summed E-state index contributed by atoms with van der Waals surface area (Å²) >= 11 is 0. The van der Waals surface area contributed by atoms with Crippen LogP contribution in [0.15, 0.2) is 0 Å². The second kappa shape index (κ2) is 6.13. The molecule has 2 aliphatic rings. The number of rotatable bonds is 5. The maximum absolute atomic E-state index is 12.7. The van der Waals surface area contributed by atoms with Crippen LogP contribution < -0.4 is 5.73 Å². The Kier molecular flexibility index (Phi) is 4.66. The summed E-state index contributed by atoms with van der Waals surface area (Å²) in [4.78, 5) is 36.8. The number of ether oxygens (including phenoxy) is 1. The lowest BCUT2D eigenvalue weighted by atomic mass is 9.84. The Hall–Kier alpha value is -1.43. The fourth-order valence-corrected chi connectivity index (χ4v) is 3.55. The molecule has 0 bridgehead atoms. The van der Waals surface area contributed by atoms with E-state index >= 15 is 0 Å². The van der Waals surface area contributed by atoms with Gasteiger partial charge in [0.05, 0.1) is 6.42 Å². The van der Waals surface area contributed by atoms with Crippen LogP contribution >= 0.6 is 0 Å². The molecule has 1 saturated heterocycles. The molecule has 0 aromatic rings. The molecule has 6 heteroatoms. The second-order valence-corrected chi connectivity index (χ2v) is 6.53. The summed E-state index contributed by atoms with van der Waals surface area (Å²) in [6.45, 7) is 4.52. The van der Waals surface area contributed by atoms with Crippen LogP contribution in [0.5, 0.6) is 0 Å². The standard InChI is InChI=1S/C15H24N2O4/c1-3-17(13-6-11(18)9-21-13)14(20)10-4-5-15(2,7-10)8-12(16)19/h10,13H,3-9H2,1-2H3,(H2,16,19)/t10-,13-,15-/m0/s1. The molecule has 6 nitrogen and oxygen atoms in total. The van der Waals surface area contributed by atoms with Crippen LogP contribution in [0.25, 0.3) is 0 Å². The van der Waals surface area contributed by atoms with E-state index in [1.807, 2.05) is 13.8 Å². The minimum atomic E-state index is -0.419. The Morgan fingerprint density at radius 2 is 2.19 bits per heavy atom. The number of primary amides is 1. The molecular formula is C15H24N2O4. The SMILES string of the molecule is CCN(C(=O)[C@H]1CC[C@](C)(CC(N)=O)C1)[C@@H]1CC(=O)CO1. The Bertz CT molecular complexity index is 451. The average Bonchev–Trinajstić information content (AvgIpc) is 2.96. The van der Waals surface area contributed by atoms with Gasteiger partial charge >= 0.3 is 0 Å². The van der Waals surface area contributed by atoms with Crippen molar-refractivity contribution in [1.82, 2.24) is 4.90 Å². The first kappa shape index (κ1) is 15.9. The maximum Gasteiger partial charge on any atom is 0.227 e. The summed E-state index contributed by atoms with van der Waals surface area (Å²) in [6.07, 6.45) is 2.45. The minimum absolute atomic E-state index is 0.0328. The van der Waals surface area contributed by atoms with Gasteiger partial charge in [0.25, 0.3) is 0 Å². The van der Waals surface area contributed by atoms with Gasteiger partial charge in [0.15, 0.2) is 5.78 Å². The smallest absolute Gasteiger partial charge is 0.227 e. The molecule has 2 amide bonds. The van der Waals surface area contributed by atoms with E-state index in [1.165, 1.54) is 0 Å². The highest BCUT2D eigenvalue weighted by atomic mass is 16.5. The Labute approximate surface area is 125 Å². The van der Waals surface area contributed by atoms with Gasteiger partial charge in [0.2, 0.25) is 11.8 Å². The molecule has 1 aliphatic carbocycles. The molecule has 1 aliphatic heterocycles. The van der Waals surface area contributed by atoms with Crippen LogP contribution in [0, 0.1) is 11.3 Å². The van der Waals surface area contributed by atoms with Crippen LogP contribution in [0.4, 0.5) is 0 Å². The number of nitrogens with zero attached hydrogens (tertiary/aromatic N) is 1. The van der Waals surface area contributed by atoms with Gasteiger partial charge in [0, 0.05) is 18.9 Å². The summed E-state index contributed by atoms with van der Waals surface area (Å²) in [6, 6.07) is 0. The van der Waals surface area contributed by atoms with Gasteiger partial charge in [-0.25, -0.2) is 0 Å². The summed E-state index contributed by atoms with van der Waals surface area (Å²) in [7, 11) is 0. The lowest BCUT2D eigenvalue weighted by Crippen LogP contribution is -2.43. The highest BCUT2D eigenvalue weighted by Gasteiger charge is 2.42. The molecule has 0 unspecified atom stereocenters. The number of hydrogen-bond acceptors (Lipinski definition) is 4. The van der Waals surface area contributed by atoms with Crippen molar-refractivity contribution in [2.24, 2.45) is 17.1 Å². The van der Waals surface area contributed by atoms with Crippen LogP contribution in [0.3, 0.4) is 0 Å². The monoisotopic (exact) mass is 296 g/mol. The van der Waals surface area contributed by atoms with E-state index in [1.54, 1.807) is 4.90 Å². The molecule has 3 atom stereocenters. The van der Waals surface area contributed by atoms with Gasteiger partial charge in [-0.2, -0.15) is 0 Å². The van der Waals surface area contributed by atoms with Gasteiger partial charge in [-0.3, -0.25) is 14.4 Å². The van der Waals surface area contributed by atoms with Gasteiger partial charge < -0.3 is 15.4 Å². The molecule has 0 aromatic carbocycles. The summed E-state index contributed by atoms with van der Waals surface area (Å²) < 4.78 is 5.40. The van der Waals surface area contributed by atoms with Crippen molar-refractivity contribution in [3.05, 3.63) is 0 Å². The molecule has 2 fully saturated rings. The number of amides is 2.